The van der Waals surface area contributed by atoms with Crippen molar-refractivity contribution >= 4 is 27.3 Å². The average molecular weight is 299 g/mol. The van der Waals surface area contributed by atoms with E-state index in [4.69, 9.17) is 4.74 Å². The molecular weight excluding hydrogens is 282 g/mol. The molecular formula is C17H17NO2S. The summed E-state index contributed by atoms with van der Waals surface area (Å²) < 4.78 is 6.79. The first-order valence-corrected chi connectivity index (χ1v) is 7.68. The van der Waals surface area contributed by atoms with Crippen LogP contribution in [0.2, 0.25) is 0 Å². The van der Waals surface area contributed by atoms with E-state index in [0.717, 1.165) is 10.2 Å². The van der Waals surface area contributed by atoms with Crippen LogP contribution in [0.25, 0.3) is 10.2 Å². The summed E-state index contributed by atoms with van der Waals surface area (Å²) in [5, 5.41) is 0.608. The molecule has 0 fully saturated rings. The molecule has 0 radical (unpaired) electrons. The Morgan fingerprint density at radius 2 is 1.71 bits per heavy atom. The van der Waals surface area contributed by atoms with Crippen molar-refractivity contribution in [2.24, 2.45) is 0 Å². The number of hydrogen-bond donors (Lipinski definition) is 0. The molecule has 1 aromatic heterocycles. The van der Waals surface area contributed by atoms with E-state index in [9.17, 15) is 4.79 Å². The molecule has 0 amide bonds. The van der Waals surface area contributed by atoms with Gasteiger partial charge in [0.1, 0.15) is 5.75 Å². The van der Waals surface area contributed by atoms with Crippen LogP contribution in [-0.4, -0.2) is 10.8 Å². The van der Waals surface area contributed by atoms with Crippen molar-refractivity contribution in [3.63, 3.8) is 0 Å². The third-order valence-corrected chi connectivity index (χ3v) is 3.65. The Hall–Kier alpha value is -2.20. The molecule has 0 aliphatic rings. The number of nitrogens with zero attached hydrogens (tertiary/aromatic N) is 1. The van der Waals surface area contributed by atoms with Gasteiger partial charge in [0.25, 0.3) is 5.19 Å². The highest BCUT2D eigenvalue weighted by molar-refractivity contribution is 7.20. The highest BCUT2D eigenvalue weighted by Crippen LogP contribution is 2.31. The van der Waals surface area contributed by atoms with Crippen molar-refractivity contribution in [3.05, 3.63) is 54.1 Å². The van der Waals surface area contributed by atoms with Gasteiger partial charge < -0.3 is 4.74 Å². The van der Waals surface area contributed by atoms with Crippen LogP contribution in [0.15, 0.2) is 48.5 Å². The van der Waals surface area contributed by atoms with Crippen molar-refractivity contribution < 1.29 is 9.53 Å². The van der Waals surface area contributed by atoms with Gasteiger partial charge in [0.05, 0.1) is 10.2 Å². The normalized spacial score (nSPS) is 9.86. The number of carbonyl (C=O) groups excluding carboxylic acids is 1. The van der Waals surface area contributed by atoms with E-state index in [1.165, 1.54) is 11.3 Å². The fourth-order valence-electron chi connectivity index (χ4n) is 1.75. The van der Waals surface area contributed by atoms with E-state index in [0.29, 0.717) is 16.5 Å². The van der Waals surface area contributed by atoms with Crippen LogP contribution in [0.3, 0.4) is 0 Å². The largest absolute Gasteiger partial charge is 0.431 e. The van der Waals surface area contributed by atoms with Gasteiger partial charge in [-0.25, -0.2) is 4.98 Å². The first-order chi connectivity index (χ1) is 10.2. The van der Waals surface area contributed by atoms with E-state index < -0.39 is 0 Å². The molecule has 0 aliphatic carbocycles. The van der Waals surface area contributed by atoms with Crippen molar-refractivity contribution in [1.29, 1.82) is 0 Å². The molecule has 0 unspecified atom stereocenters. The van der Waals surface area contributed by atoms with E-state index in [2.05, 4.69) is 4.98 Å². The minimum atomic E-state index is 0.0477. The second-order valence-electron chi connectivity index (χ2n) is 4.13. The molecule has 0 N–H and O–H groups in total. The van der Waals surface area contributed by atoms with Crippen LogP contribution in [0.4, 0.5) is 0 Å². The topological polar surface area (TPSA) is 39.2 Å². The molecule has 3 rings (SSSR count). The van der Waals surface area contributed by atoms with Gasteiger partial charge in [-0.15, -0.1) is 0 Å². The first kappa shape index (κ1) is 15.2. The Morgan fingerprint density at radius 3 is 2.33 bits per heavy atom. The fraction of sp³-hybridized carbons (Fsp3) is 0.176. The Balaban J connectivity index is 0.000000774. The number of hydrogen-bond acceptors (Lipinski definition) is 4. The molecule has 4 heteroatoms. The minimum Gasteiger partial charge on any atom is -0.431 e. The average Bonchev–Trinajstić information content (AvgIpc) is 2.92. The molecule has 0 spiro atoms. The van der Waals surface area contributed by atoms with E-state index in [-0.39, 0.29) is 5.78 Å². The van der Waals surface area contributed by atoms with Gasteiger partial charge >= 0.3 is 0 Å². The molecule has 3 aromatic rings. The van der Waals surface area contributed by atoms with Crippen LogP contribution < -0.4 is 4.74 Å². The third kappa shape index (κ3) is 3.67. The van der Waals surface area contributed by atoms with E-state index in [1.807, 2.05) is 38.1 Å². The summed E-state index contributed by atoms with van der Waals surface area (Å²) in [7, 11) is 0. The maximum Gasteiger partial charge on any atom is 0.279 e. The summed E-state index contributed by atoms with van der Waals surface area (Å²) >= 11 is 1.50. The van der Waals surface area contributed by atoms with Crippen molar-refractivity contribution in [2.75, 3.05) is 0 Å². The Morgan fingerprint density at radius 1 is 1.05 bits per heavy atom. The number of ketones is 1. The third-order valence-electron chi connectivity index (χ3n) is 2.74. The predicted molar refractivity (Wildman–Crippen MR) is 87.5 cm³/mol. The molecule has 0 atom stereocenters. The molecule has 3 nitrogen and oxygen atoms in total. The number of aromatic nitrogens is 1. The zero-order valence-corrected chi connectivity index (χ0v) is 13.1. The van der Waals surface area contributed by atoms with Gasteiger partial charge in [0, 0.05) is 5.56 Å². The summed E-state index contributed by atoms with van der Waals surface area (Å²) in [6.45, 7) is 5.55. The van der Waals surface area contributed by atoms with Crippen LogP contribution in [0.1, 0.15) is 31.1 Å². The summed E-state index contributed by atoms with van der Waals surface area (Å²) in [5.74, 6) is 0.732. The van der Waals surface area contributed by atoms with Crippen LogP contribution in [-0.2, 0) is 0 Å². The number of Topliss-reactive ketones (excluding diaryl/α,β-unsaturated/α-hetero) is 1. The lowest BCUT2D eigenvalue weighted by molar-refractivity contribution is 0.101. The summed E-state index contributed by atoms with van der Waals surface area (Å²) in [6, 6.07) is 15.0. The maximum atomic E-state index is 11.2. The fourth-order valence-corrected chi connectivity index (χ4v) is 2.59. The Labute approximate surface area is 128 Å². The Kier molecular flexibility index (Phi) is 5.06. The summed E-state index contributed by atoms with van der Waals surface area (Å²) in [6.07, 6.45) is 0. The predicted octanol–water partition coefficient (Wildman–Crippen LogP) is 5.32. The molecule has 108 valence electrons. The number of ether oxygens (including phenoxy) is 1. The number of rotatable bonds is 3. The van der Waals surface area contributed by atoms with Crippen molar-refractivity contribution in [1.82, 2.24) is 4.98 Å². The molecule has 1 heterocycles. The zero-order chi connectivity index (χ0) is 15.2. The SMILES string of the molecule is CC.CC(=O)c1ccc(Oc2nc3ccccc3s2)cc1. The standard InChI is InChI=1S/C15H11NO2S.C2H6/c1-10(17)11-6-8-12(9-7-11)18-15-16-13-4-2-3-5-14(13)19-15;1-2/h2-9H,1H3;1-2H3. The second kappa shape index (κ2) is 6.99. The Bertz CT molecular complexity index is 699. The minimum absolute atomic E-state index is 0.0477. The second-order valence-corrected chi connectivity index (χ2v) is 5.12. The number of thiazole rings is 1. The number of carbonyl (C=O) groups is 1. The molecule has 2 aromatic carbocycles. The number of benzene rings is 2. The van der Waals surface area contributed by atoms with E-state index >= 15 is 0 Å². The lowest BCUT2D eigenvalue weighted by Gasteiger charge is -2.01. The van der Waals surface area contributed by atoms with Gasteiger partial charge in [-0.05, 0) is 43.3 Å². The zero-order valence-electron chi connectivity index (χ0n) is 12.3. The lowest BCUT2D eigenvalue weighted by atomic mass is 10.1. The van der Waals surface area contributed by atoms with Crippen molar-refractivity contribution in [2.45, 2.75) is 20.8 Å². The molecule has 0 saturated carbocycles. The van der Waals surface area contributed by atoms with Crippen LogP contribution in [0, 0.1) is 0 Å². The molecule has 0 aliphatic heterocycles. The van der Waals surface area contributed by atoms with Crippen LogP contribution in [0.5, 0.6) is 10.9 Å². The van der Waals surface area contributed by atoms with E-state index in [1.54, 1.807) is 31.2 Å². The van der Waals surface area contributed by atoms with Gasteiger partial charge in [-0.2, -0.15) is 0 Å². The molecule has 0 bridgehead atoms. The van der Waals surface area contributed by atoms with Gasteiger partial charge in [-0.1, -0.05) is 37.3 Å². The number of para-hydroxylation sites is 1. The monoisotopic (exact) mass is 299 g/mol. The molecule has 21 heavy (non-hydrogen) atoms. The maximum absolute atomic E-state index is 11.2. The highest BCUT2D eigenvalue weighted by Gasteiger charge is 2.06. The van der Waals surface area contributed by atoms with Crippen molar-refractivity contribution in [3.8, 4) is 10.9 Å². The smallest absolute Gasteiger partial charge is 0.279 e. The number of fused-ring (bicyclic) bond motifs is 1. The van der Waals surface area contributed by atoms with Gasteiger partial charge in [-0.3, -0.25) is 4.79 Å². The summed E-state index contributed by atoms with van der Waals surface area (Å²) in [5.41, 5.74) is 1.61. The quantitative estimate of drug-likeness (QED) is 0.615. The first-order valence-electron chi connectivity index (χ1n) is 6.87. The van der Waals surface area contributed by atoms with Gasteiger partial charge in [0.15, 0.2) is 5.78 Å². The lowest BCUT2D eigenvalue weighted by Crippen LogP contribution is -1.91. The highest BCUT2D eigenvalue weighted by atomic mass is 32.1. The molecule has 0 saturated heterocycles. The van der Waals surface area contributed by atoms with Gasteiger partial charge in [0.2, 0.25) is 0 Å². The van der Waals surface area contributed by atoms with Crippen LogP contribution >= 0.6 is 11.3 Å². The summed E-state index contributed by atoms with van der Waals surface area (Å²) in [4.78, 5) is 15.6.